The second kappa shape index (κ2) is 8.41. The Morgan fingerprint density at radius 2 is 2.00 bits per heavy atom. The van der Waals surface area contributed by atoms with Crippen molar-refractivity contribution in [2.24, 2.45) is 0 Å². The van der Waals surface area contributed by atoms with Crippen LogP contribution in [0.5, 0.6) is 0 Å². The van der Waals surface area contributed by atoms with Gasteiger partial charge in [0.25, 0.3) is 5.56 Å². The number of aromatic nitrogens is 2. The Hall–Kier alpha value is -1.90. The van der Waals surface area contributed by atoms with Gasteiger partial charge >= 0.3 is 0 Å². The molecule has 0 fully saturated rings. The fourth-order valence-corrected chi connectivity index (χ4v) is 4.09. The van der Waals surface area contributed by atoms with Crippen molar-refractivity contribution >= 4 is 32.9 Å². The fourth-order valence-electron chi connectivity index (χ4n) is 2.92. The molecule has 0 bridgehead atoms. The fraction of sp³-hybridized carbons (Fsp3) is 0.444. The molecule has 0 spiro atoms. The van der Waals surface area contributed by atoms with Crippen LogP contribution < -0.4 is 10.9 Å². The van der Waals surface area contributed by atoms with Crippen LogP contribution in [0.4, 0.5) is 11.5 Å². The van der Waals surface area contributed by atoms with Gasteiger partial charge in [0.1, 0.15) is 5.15 Å². The lowest BCUT2D eigenvalue weighted by Crippen LogP contribution is -2.29. The summed E-state index contributed by atoms with van der Waals surface area (Å²) in [7, 11) is -1.95. The summed E-state index contributed by atoms with van der Waals surface area (Å²) in [4.78, 5) is 17.1. The highest BCUT2D eigenvalue weighted by molar-refractivity contribution is 7.90. The van der Waals surface area contributed by atoms with Crippen LogP contribution in [-0.2, 0) is 14.6 Å². The summed E-state index contributed by atoms with van der Waals surface area (Å²) in [5.41, 5.74) is 1.41. The number of ether oxygens (including phenoxy) is 1. The highest BCUT2D eigenvalue weighted by Gasteiger charge is 2.20. The molecular weight excluding hydrogens is 390 g/mol. The molecule has 1 aromatic heterocycles. The molecule has 9 heteroatoms. The molecular formula is C18H24ClN3O4S. The van der Waals surface area contributed by atoms with E-state index in [0.29, 0.717) is 24.3 Å². The molecule has 1 N–H and O–H groups in total. The van der Waals surface area contributed by atoms with E-state index < -0.39 is 15.4 Å². The second-order valence-electron chi connectivity index (χ2n) is 6.49. The van der Waals surface area contributed by atoms with E-state index in [-0.39, 0.29) is 21.9 Å². The minimum absolute atomic E-state index is 0.0334. The maximum absolute atomic E-state index is 12.9. The monoisotopic (exact) mass is 413 g/mol. The highest BCUT2D eigenvalue weighted by Crippen LogP contribution is 2.29. The zero-order valence-electron chi connectivity index (χ0n) is 16.0. The smallest absolute Gasteiger partial charge is 0.294 e. The molecule has 0 saturated heterocycles. The summed E-state index contributed by atoms with van der Waals surface area (Å²) in [5.74, 6) is -0.0334. The van der Waals surface area contributed by atoms with E-state index in [2.05, 4.69) is 10.3 Å². The molecule has 2 aromatic rings. The first kappa shape index (κ1) is 21.4. The van der Waals surface area contributed by atoms with Crippen molar-refractivity contribution in [2.45, 2.75) is 38.1 Å². The Morgan fingerprint density at radius 3 is 2.56 bits per heavy atom. The number of rotatable bonds is 7. The van der Waals surface area contributed by atoms with Gasteiger partial charge < -0.3 is 14.6 Å². The van der Waals surface area contributed by atoms with Crippen LogP contribution in [0.2, 0.25) is 5.15 Å². The Bertz CT molecular complexity index is 1000. The number of hydrogen-bond donors (Lipinski definition) is 1. The van der Waals surface area contributed by atoms with Gasteiger partial charge in [0.05, 0.1) is 23.2 Å². The second-order valence-corrected chi connectivity index (χ2v) is 8.87. The average Bonchev–Trinajstić information content (AvgIpc) is 2.56. The van der Waals surface area contributed by atoms with Crippen molar-refractivity contribution in [1.29, 1.82) is 0 Å². The largest absolute Gasteiger partial charge is 0.383 e. The Balaban J connectivity index is 2.63. The number of anilines is 2. The van der Waals surface area contributed by atoms with Crippen LogP contribution in [0, 0.1) is 13.8 Å². The SMILES string of the molecule is CCC(COC)n1cc(Cl)nc(Nc2c(C)cc(C)cc2S(C)(=O)=O)c1=O. The Kier molecular flexibility index (Phi) is 6.67. The lowest BCUT2D eigenvalue weighted by atomic mass is 10.1. The van der Waals surface area contributed by atoms with Crippen LogP contribution in [0.25, 0.3) is 0 Å². The first-order valence-corrected chi connectivity index (χ1v) is 10.7. The lowest BCUT2D eigenvalue weighted by Gasteiger charge is -2.19. The normalized spacial score (nSPS) is 12.8. The van der Waals surface area contributed by atoms with Gasteiger partial charge in [-0.15, -0.1) is 0 Å². The van der Waals surface area contributed by atoms with Crippen molar-refractivity contribution in [2.75, 3.05) is 25.3 Å². The molecule has 1 unspecified atom stereocenters. The number of methoxy groups -OCH3 is 1. The third kappa shape index (κ3) is 4.88. The van der Waals surface area contributed by atoms with Crippen molar-refractivity contribution in [3.05, 3.63) is 45.0 Å². The third-order valence-electron chi connectivity index (χ3n) is 4.21. The van der Waals surface area contributed by atoms with Gasteiger partial charge in [0, 0.05) is 19.6 Å². The van der Waals surface area contributed by atoms with Gasteiger partial charge in [-0.3, -0.25) is 4.79 Å². The molecule has 0 saturated carbocycles. The van der Waals surface area contributed by atoms with Gasteiger partial charge in [0.15, 0.2) is 15.7 Å². The molecule has 0 aliphatic rings. The standard InChI is InChI=1S/C18H24ClN3O4S/c1-6-13(10-26-4)22-9-15(19)20-17(18(22)23)21-16-12(3)7-11(2)8-14(16)27(5,24)25/h7-9,13H,6,10H2,1-5H3,(H,20,21). The quantitative estimate of drug-likeness (QED) is 0.749. The maximum atomic E-state index is 12.9. The first-order valence-electron chi connectivity index (χ1n) is 8.44. The molecule has 0 radical (unpaired) electrons. The van der Waals surface area contributed by atoms with E-state index in [0.717, 1.165) is 11.8 Å². The molecule has 27 heavy (non-hydrogen) atoms. The predicted molar refractivity (Wildman–Crippen MR) is 107 cm³/mol. The molecule has 0 aliphatic carbocycles. The van der Waals surface area contributed by atoms with Gasteiger partial charge in [-0.2, -0.15) is 0 Å². The van der Waals surface area contributed by atoms with Gasteiger partial charge in [-0.25, -0.2) is 13.4 Å². The zero-order chi connectivity index (χ0) is 20.4. The third-order valence-corrected chi connectivity index (χ3v) is 5.51. The summed E-state index contributed by atoms with van der Waals surface area (Å²) in [5, 5.41) is 3.02. The number of nitrogens with one attached hydrogen (secondary N) is 1. The number of nitrogens with zero attached hydrogens (tertiary/aromatic N) is 2. The number of sulfone groups is 1. The molecule has 1 aromatic carbocycles. The summed E-state index contributed by atoms with van der Waals surface area (Å²) in [6, 6.07) is 3.19. The van der Waals surface area contributed by atoms with E-state index in [1.807, 2.05) is 19.9 Å². The van der Waals surface area contributed by atoms with Crippen LogP contribution >= 0.6 is 11.6 Å². The van der Waals surface area contributed by atoms with Crippen molar-refractivity contribution < 1.29 is 13.2 Å². The molecule has 0 aliphatic heterocycles. The summed E-state index contributed by atoms with van der Waals surface area (Å²) < 4.78 is 31.1. The zero-order valence-corrected chi connectivity index (χ0v) is 17.6. The molecule has 1 atom stereocenters. The molecule has 2 rings (SSSR count). The molecule has 0 amide bonds. The Labute approximate surface area is 164 Å². The number of aryl methyl sites for hydroxylation is 2. The maximum Gasteiger partial charge on any atom is 0.294 e. The van der Waals surface area contributed by atoms with Crippen LogP contribution in [0.3, 0.4) is 0 Å². The van der Waals surface area contributed by atoms with Crippen LogP contribution in [-0.4, -0.2) is 37.9 Å². The summed E-state index contributed by atoms with van der Waals surface area (Å²) >= 11 is 6.11. The van der Waals surface area contributed by atoms with E-state index in [1.54, 1.807) is 20.1 Å². The van der Waals surface area contributed by atoms with E-state index in [4.69, 9.17) is 16.3 Å². The van der Waals surface area contributed by atoms with Crippen molar-refractivity contribution in [3.8, 4) is 0 Å². The van der Waals surface area contributed by atoms with E-state index in [9.17, 15) is 13.2 Å². The summed E-state index contributed by atoms with van der Waals surface area (Å²) in [6.07, 6.45) is 3.25. The number of hydrogen-bond acceptors (Lipinski definition) is 6. The van der Waals surface area contributed by atoms with E-state index >= 15 is 0 Å². The first-order chi connectivity index (χ1) is 12.6. The summed E-state index contributed by atoms with van der Waals surface area (Å²) in [6.45, 7) is 5.86. The predicted octanol–water partition coefficient (Wildman–Crippen LogP) is 3.26. The van der Waals surface area contributed by atoms with Gasteiger partial charge in [-0.1, -0.05) is 24.6 Å². The minimum atomic E-state index is -3.51. The molecule has 7 nitrogen and oxygen atoms in total. The van der Waals surface area contributed by atoms with Crippen LogP contribution in [0.15, 0.2) is 28.0 Å². The van der Waals surface area contributed by atoms with Gasteiger partial charge in [-0.05, 0) is 37.5 Å². The Morgan fingerprint density at radius 1 is 1.33 bits per heavy atom. The topological polar surface area (TPSA) is 90.3 Å². The van der Waals surface area contributed by atoms with Crippen LogP contribution in [0.1, 0.15) is 30.5 Å². The lowest BCUT2D eigenvalue weighted by molar-refractivity contribution is 0.151. The number of halogens is 1. The molecule has 148 valence electrons. The molecule has 1 heterocycles. The van der Waals surface area contributed by atoms with E-state index in [1.165, 1.54) is 10.8 Å². The minimum Gasteiger partial charge on any atom is -0.383 e. The average molecular weight is 414 g/mol. The van der Waals surface area contributed by atoms with Crippen molar-refractivity contribution in [3.63, 3.8) is 0 Å². The van der Waals surface area contributed by atoms with Gasteiger partial charge in [0.2, 0.25) is 0 Å². The number of benzene rings is 1. The highest BCUT2D eigenvalue weighted by atomic mass is 35.5. The van der Waals surface area contributed by atoms with Crippen molar-refractivity contribution in [1.82, 2.24) is 9.55 Å².